The van der Waals surface area contributed by atoms with Crippen LogP contribution in [-0.2, 0) is 0 Å². The number of nitrogens with zero attached hydrogens (tertiary/aromatic N) is 1. The van der Waals surface area contributed by atoms with E-state index in [4.69, 9.17) is 0 Å². The van der Waals surface area contributed by atoms with Crippen LogP contribution in [0.5, 0.6) is 0 Å². The summed E-state index contributed by atoms with van der Waals surface area (Å²) in [5.41, 5.74) is 3.10. The second-order valence-corrected chi connectivity index (χ2v) is 7.80. The molecule has 1 fully saturated rings. The third kappa shape index (κ3) is 5.31. The van der Waals surface area contributed by atoms with Crippen molar-refractivity contribution < 1.29 is 9.59 Å². The second-order valence-electron chi connectivity index (χ2n) is 7.80. The Labute approximate surface area is 166 Å². The normalized spacial score (nSPS) is 14.4. The van der Waals surface area contributed by atoms with Gasteiger partial charge < -0.3 is 16.0 Å². The molecular weight excluding hydrogens is 352 g/mol. The van der Waals surface area contributed by atoms with Crippen molar-refractivity contribution in [3.8, 4) is 0 Å². The number of hydrogen-bond donors (Lipinski definition) is 3. The van der Waals surface area contributed by atoms with Gasteiger partial charge in [-0.2, -0.15) is 0 Å². The number of hydrogen-bond acceptors (Lipinski definition) is 3. The van der Waals surface area contributed by atoms with Gasteiger partial charge in [0, 0.05) is 24.0 Å². The zero-order valence-electron chi connectivity index (χ0n) is 16.7. The van der Waals surface area contributed by atoms with Crippen molar-refractivity contribution in [3.63, 3.8) is 0 Å². The quantitative estimate of drug-likeness (QED) is 0.678. The van der Waals surface area contributed by atoms with Gasteiger partial charge in [0.25, 0.3) is 5.91 Å². The predicted octanol–water partition coefficient (Wildman–Crippen LogP) is 4.05. The highest BCUT2D eigenvalue weighted by Crippen LogP contribution is 2.41. The summed E-state index contributed by atoms with van der Waals surface area (Å²) in [6.45, 7) is 6.71. The summed E-state index contributed by atoms with van der Waals surface area (Å²) in [6, 6.07) is 10.5. The van der Waals surface area contributed by atoms with E-state index in [1.54, 1.807) is 30.5 Å². The van der Waals surface area contributed by atoms with E-state index in [-0.39, 0.29) is 18.0 Å². The number of benzene rings is 1. The third-order valence-corrected chi connectivity index (χ3v) is 4.78. The molecule has 1 atom stereocenters. The van der Waals surface area contributed by atoms with Crippen molar-refractivity contribution in [3.05, 3.63) is 59.4 Å². The van der Waals surface area contributed by atoms with Crippen molar-refractivity contribution in [1.82, 2.24) is 15.6 Å². The number of carbonyl (C=O) groups is 2. The van der Waals surface area contributed by atoms with Crippen LogP contribution in [0.15, 0.2) is 42.6 Å². The number of nitrogens with one attached hydrogen (secondary N) is 3. The average molecular weight is 380 g/mol. The van der Waals surface area contributed by atoms with Gasteiger partial charge in [-0.1, -0.05) is 26.0 Å². The van der Waals surface area contributed by atoms with Gasteiger partial charge in [0.05, 0.1) is 11.7 Å². The maximum Gasteiger partial charge on any atom is 0.319 e. The standard InChI is InChI=1S/C22H28N4O2/c1-14(2)13-24-21(27)17-7-4-8-18(12-17)25-22(28)26-20(16-9-10-16)19-15(3)6-5-11-23-19/h4-8,11-12,14,16,20H,9-10,13H2,1-3H3,(H,24,27)(H2,25,26,28)/t20-/m0/s1. The molecule has 0 radical (unpaired) electrons. The van der Waals surface area contributed by atoms with Crippen molar-refractivity contribution in [2.24, 2.45) is 11.8 Å². The Balaban J connectivity index is 1.65. The van der Waals surface area contributed by atoms with Crippen LogP contribution in [0, 0.1) is 18.8 Å². The summed E-state index contributed by atoms with van der Waals surface area (Å²) >= 11 is 0. The highest BCUT2D eigenvalue weighted by atomic mass is 16.2. The van der Waals surface area contributed by atoms with E-state index in [2.05, 4.69) is 20.9 Å². The van der Waals surface area contributed by atoms with Crippen LogP contribution in [-0.4, -0.2) is 23.5 Å². The summed E-state index contributed by atoms with van der Waals surface area (Å²) in [4.78, 5) is 29.3. The lowest BCUT2D eigenvalue weighted by Gasteiger charge is -2.20. The van der Waals surface area contributed by atoms with E-state index in [9.17, 15) is 9.59 Å². The zero-order valence-corrected chi connectivity index (χ0v) is 16.7. The summed E-state index contributed by atoms with van der Waals surface area (Å²) in [6.07, 6.45) is 3.94. The number of carbonyl (C=O) groups excluding carboxylic acids is 2. The SMILES string of the molecule is Cc1cccnc1[C@@H](NC(=O)Nc1cccc(C(=O)NCC(C)C)c1)C1CC1. The first-order valence-corrected chi connectivity index (χ1v) is 9.81. The van der Waals surface area contributed by atoms with E-state index in [1.165, 1.54) is 0 Å². The van der Waals surface area contributed by atoms with Crippen LogP contribution < -0.4 is 16.0 Å². The molecule has 1 aliphatic carbocycles. The van der Waals surface area contributed by atoms with E-state index >= 15 is 0 Å². The largest absolute Gasteiger partial charge is 0.352 e. The van der Waals surface area contributed by atoms with Gasteiger partial charge in [-0.15, -0.1) is 0 Å². The fraction of sp³-hybridized carbons (Fsp3) is 0.409. The van der Waals surface area contributed by atoms with Crippen LogP contribution in [0.1, 0.15) is 54.3 Å². The molecule has 1 aromatic heterocycles. The molecule has 28 heavy (non-hydrogen) atoms. The minimum atomic E-state index is -0.290. The lowest BCUT2D eigenvalue weighted by Crippen LogP contribution is -2.34. The molecule has 0 spiro atoms. The molecule has 0 aliphatic heterocycles. The first-order chi connectivity index (χ1) is 13.4. The molecule has 1 heterocycles. The molecule has 2 aromatic rings. The molecule has 3 amide bonds. The number of pyridine rings is 1. The summed E-state index contributed by atoms with van der Waals surface area (Å²) in [5, 5.41) is 8.79. The molecule has 1 aliphatic rings. The van der Waals surface area contributed by atoms with Crippen LogP contribution in [0.3, 0.4) is 0 Å². The van der Waals surface area contributed by atoms with Crippen molar-refractivity contribution in [1.29, 1.82) is 0 Å². The maximum atomic E-state index is 12.6. The Morgan fingerprint density at radius 3 is 2.64 bits per heavy atom. The van der Waals surface area contributed by atoms with E-state index in [0.29, 0.717) is 29.6 Å². The number of aryl methyl sites for hydroxylation is 1. The number of rotatable bonds is 7. The minimum absolute atomic E-state index is 0.0984. The monoisotopic (exact) mass is 380 g/mol. The molecule has 0 saturated heterocycles. The van der Waals surface area contributed by atoms with Gasteiger partial charge in [0.2, 0.25) is 0 Å². The fourth-order valence-corrected chi connectivity index (χ4v) is 3.11. The van der Waals surface area contributed by atoms with Crippen LogP contribution in [0.4, 0.5) is 10.5 Å². The minimum Gasteiger partial charge on any atom is -0.352 e. The Kier molecular flexibility index (Phi) is 6.29. The van der Waals surface area contributed by atoms with E-state index in [1.807, 2.05) is 32.9 Å². The molecule has 3 rings (SSSR count). The second kappa shape index (κ2) is 8.87. The highest BCUT2D eigenvalue weighted by Gasteiger charge is 2.35. The Bertz CT molecular complexity index is 846. The van der Waals surface area contributed by atoms with Gasteiger partial charge in [0.1, 0.15) is 0 Å². The third-order valence-electron chi connectivity index (χ3n) is 4.78. The average Bonchev–Trinajstić information content (AvgIpc) is 3.50. The molecule has 148 valence electrons. The number of urea groups is 1. The van der Waals surface area contributed by atoms with Crippen LogP contribution >= 0.6 is 0 Å². The molecule has 1 saturated carbocycles. The zero-order chi connectivity index (χ0) is 20.1. The summed E-state index contributed by atoms with van der Waals surface area (Å²) in [5.74, 6) is 0.663. The molecule has 6 nitrogen and oxygen atoms in total. The molecule has 3 N–H and O–H groups in total. The Morgan fingerprint density at radius 1 is 1.18 bits per heavy atom. The van der Waals surface area contributed by atoms with Crippen molar-refractivity contribution in [2.75, 3.05) is 11.9 Å². The lowest BCUT2D eigenvalue weighted by molar-refractivity contribution is 0.0949. The topological polar surface area (TPSA) is 83.1 Å². The van der Waals surface area contributed by atoms with E-state index < -0.39 is 0 Å². The Hall–Kier alpha value is -2.89. The molecular formula is C22H28N4O2. The van der Waals surface area contributed by atoms with Gasteiger partial charge in [0.15, 0.2) is 0 Å². The van der Waals surface area contributed by atoms with Gasteiger partial charge in [-0.25, -0.2) is 4.79 Å². The molecule has 0 bridgehead atoms. The Morgan fingerprint density at radius 2 is 1.96 bits per heavy atom. The first kappa shape index (κ1) is 19.9. The lowest BCUT2D eigenvalue weighted by atomic mass is 10.0. The number of aromatic nitrogens is 1. The van der Waals surface area contributed by atoms with Crippen LogP contribution in [0.25, 0.3) is 0 Å². The van der Waals surface area contributed by atoms with E-state index in [0.717, 1.165) is 24.1 Å². The van der Waals surface area contributed by atoms with Gasteiger partial charge >= 0.3 is 6.03 Å². The predicted molar refractivity (Wildman–Crippen MR) is 110 cm³/mol. The summed E-state index contributed by atoms with van der Waals surface area (Å²) in [7, 11) is 0. The fourth-order valence-electron chi connectivity index (χ4n) is 3.11. The van der Waals surface area contributed by atoms with Gasteiger partial charge in [-0.3, -0.25) is 9.78 Å². The summed E-state index contributed by atoms with van der Waals surface area (Å²) < 4.78 is 0. The smallest absolute Gasteiger partial charge is 0.319 e. The van der Waals surface area contributed by atoms with Gasteiger partial charge in [-0.05, 0) is 61.4 Å². The molecule has 0 unspecified atom stereocenters. The highest BCUT2D eigenvalue weighted by molar-refractivity contribution is 5.96. The van der Waals surface area contributed by atoms with Crippen molar-refractivity contribution in [2.45, 2.75) is 39.7 Å². The first-order valence-electron chi connectivity index (χ1n) is 9.81. The maximum absolute atomic E-state index is 12.6. The van der Waals surface area contributed by atoms with Crippen LogP contribution in [0.2, 0.25) is 0 Å². The van der Waals surface area contributed by atoms with Crippen molar-refractivity contribution >= 4 is 17.6 Å². The molecule has 6 heteroatoms. The number of amides is 3. The molecule has 1 aromatic carbocycles. The number of anilines is 1.